The first-order chi connectivity index (χ1) is 9.83. The summed E-state index contributed by atoms with van der Waals surface area (Å²) >= 11 is 0. The van der Waals surface area contributed by atoms with Crippen LogP contribution in [-0.2, 0) is 0 Å². The van der Waals surface area contributed by atoms with Crippen molar-refractivity contribution in [3.63, 3.8) is 0 Å². The number of rotatable bonds is 4. The first kappa shape index (κ1) is 13.1. The first-order valence-electron chi connectivity index (χ1n) is 5.77. The molecule has 2 rings (SSSR count). The monoisotopic (exact) mass is 262 g/mol. The molecule has 0 radical (unpaired) electrons. The number of benzene rings is 1. The number of hydrogen-bond acceptors (Lipinski definition) is 5. The smallest absolute Gasteiger partial charge is 0.150 e. The van der Waals surface area contributed by atoms with Gasteiger partial charge in [0.25, 0.3) is 0 Å². The number of pyridine rings is 1. The molecule has 0 saturated carbocycles. The quantitative estimate of drug-likeness (QED) is 0.855. The average molecular weight is 262 g/mol. The summed E-state index contributed by atoms with van der Waals surface area (Å²) in [6, 6.07) is 14.3. The van der Waals surface area contributed by atoms with Gasteiger partial charge in [-0.1, -0.05) is 12.1 Å². The van der Waals surface area contributed by atoms with Gasteiger partial charge in [0, 0.05) is 12.4 Å². The third-order valence-electron chi connectivity index (χ3n) is 2.36. The second kappa shape index (κ2) is 6.58. The summed E-state index contributed by atoms with van der Waals surface area (Å²) in [5.41, 5.74) is 0.639. The zero-order valence-corrected chi connectivity index (χ0v) is 10.4. The van der Waals surface area contributed by atoms with Crippen LogP contribution in [0.4, 0.5) is 5.69 Å². The highest BCUT2D eigenvalue weighted by atomic mass is 16.5. The summed E-state index contributed by atoms with van der Waals surface area (Å²) < 4.78 is 5.69. The minimum Gasteiger partial charge on any atom is -0.454 e. The summed E-state index contributed by atoms with van der Waals surface area (Å²) in [5, 5.41) is 20.3. The number of aromatic nitrogens is 1. The van der Waals surface area contributed by atoms with Gasteiger partial charge in [0.2, 0.25) is 0 Å². The lowest BCUT2D eigenvalue weighted by Gasteiger charge is -2.10. The minimum absolute atomic E-state index is 0.0128. The summed E-state index contributed by atoms with van der Waals surface area (Å²) in [6.45, 7) is 0. The van der Waals surface area contributed by atoms with Crippen molar-refractivity contribution in [1.29, 1.82) is 10.5 Å². The number of nitriles is 2. The van der Waals surface area contributed by atoms with E-state index in [0.29, 0.717) is 17.2 Å². The maximum atomic E-state index is 8.69. The number of para-hydroxylation sites is 2. The standard InChI is InChI=1S/C15H10N4O/c16-8-12(9-17)10-19-14-5-1-2-6-15(14)20-13-4-3-7-18-11-13/h1-7,10-11,19H. The van der Waals surface area contributed by atoms with E-state index in [1.807, 2.05) is 12.1 Å². The molecule has 0 fully saturated rings. The molecule has 0 saturated heterocycles. The Bertz CT molecular complexity index is 680. The Morgan fingerprint density at radius 3 is 2.65 bits per heavy atom. The Labute approximate surface area is 116 Å². The van der Waals surface area contributed by atoms with Gasteiger partial charge in [0.05, 0.1) is 11.9 Å². The van der Waals surface area contributed by atoms with Crippen LogP contribution in [-0.4, -0.2) is 4.98 Å². The molecule has 0 aliphatic heterocycles. The molecule has 1 aromatic carbocycles. The van der Waals surface area contributed by atoms with Gasteiger partial charge in [-0.3, -0.25) is 4.98 Å². The third-order valence-corrected chi connectivity index (χ3v) is 2.36. The molecule has 0 aliphatic rings. The van der Waals surface area contributed by atoms with Crippen molar-refractivity contribution in [2.45, 2.75) is 0 Å². The number of nitrogens with zero attached hydrogens (tertiary/aromatic N) is 3. The molecule has 0 unspecified atom stereocenters. The molecule has 96 valence electrons. The van der Waals surface area contributed by atoms with E-state index in [2.05, 4.69) is 10.3 Å². The van der Waals surface area contributed by atoms with E-state index >= 15 is 0 Å². The van der Waals surface area contributed by atoms with Gasteiger partial charge in [-0.2, -0.15) is 10.5 Å². The van der Waals surface area contributed by atoms with Crippen molar-refractivity contribution in [1.82, 2.24) is 4.98 Å². The Hall–Kier alpha value is -3.31. The van der Waals surface area contributed by atoms with Crippen molar-refractivity contribution in [2.24, 2.45) is 0 Å². The van der Waals surface area contributed by atoms with E-state index < -0.39 is 0 Å². The van der Waals surface area contributed by atoms with E-state index in [9.17, 15) is 0 Å². The Kier molecular flexibility index (Phi) is 4.32. The zero-order valence-electron chi connectivity index (χ0n) is 10.4. The number of ether oxygens (including phenoxy) is 1. The predicted molar refractivity (Wildman–Crippen MR) is 73.7 cm³/mol. The second-order valence-corrected chi connectivity index (χ2v) is 3.71. The lowest BCUT2D eigenvalue weighted by atomic mass is 10.3. The van der Waals surface area contributed by atoms with Crippen LogP contribution in [0.2, 0.25) is 0 Å². The average Bonchev–Trinajstić information content (AvgIpc) is 2.51. The Morgan fingerprint density at radius 1 is 1.15 bits per heavy atom. The maximum absolute atomic E-state index is 8.69. The highest BCUT2D eigenvalue weighted by Crippen LogP contribution is 2.28. The summed E-state index contributed by atoms with van der Waals surface area (Å²) in [7, 11) is 0. The van der Waals surface area contributed by atoms with Crippen LogP contribution in [0.25, 0.3) is 0 Å². The van der Waals surface area contributed by atoms with E-state index in [-0.39, 0.29) is 5.57 Å². The van der Waals surface area contributed by atoms with Crippen LogP contribution in [0.15, 0.2) is 60.6 Å². The Morgan fingerprint density at radius 2 is 1.95 bits per heavy atom. The molecule has 1 N–H and O–H groups in total. The topological polar surface area (TPSA) is 81.7 Å². The van der Waals surface area contributed by atoms with Crippen molar-refractivity contribution in [3.8, 4) is 23.6 Å². The molecule has 0 spiro atoms. The fourth-order valence-corrected chi connectivity index (χ4v) is 1.45. The van der Waals surface area contributed by atoms with E-state index in [1.165, 1.54) is 6.20 Å². The maximum Gasteiger partial charge on any atom is 0.150 e. The molecule has 1 heterocycles. The van der Waals surface area contributed by atoms with Crippen LogP contribution < -0.4 is 10.1 Å². The number of nitrogens with one attached hydrogen (secondary N) is 1. The van der Waals surface area contributed by atoms with Gasteiger partial charge >= 0.3 is 0 Å². The highest BCUT2D eigenvalue weighted by Gasteiger charge is 2.03. The van der Waals surface area contributed by atoms with Crippen molar-refractivity contribution in [2.75, 3.05) is 5.32 Å². The van der Waals surface area contributed by atoms with Gasteiger partial charge in [-0.25, -0.2) is 0 Å². The van der Waals surface area contributed by atoms with E-state index in [1.54, 1.807) is 48.8 Å². The zero-order chi connectivity index (χ0) is 14.2. The fraction of sp³-hybridized carbons (Fsp3) is 0. The molecule has 5 heteroatoms. The largest absolute Gasteiger partial charge is 0.454 e. The molecular weight excluding hydrogens is 252 g/mol. The van der Waals surface area contributed by atoms with E-state index in [4.69, 9.17) is 15.3 Å². The first-order valence-corrected chi connectivity index (χ1v) is 5.77. The summed E-state index contributed by atoms with van der Waals surface area (Å²) in [5.74, 6) is 1.18. The molecule has 0 atom stereocenters. The van der Waals surface area contributed by atoms with Crippen LogP contribution in [0.1, 0.15) is 0 Å². The van der Waals surface area contributed by atoms with Crippen molar-refractivity contribution in [3.05, 3.63) is 60.6 Å². The van der Waals surface area contributed by atoms with Gasteiger partial charge in [0.1, 0.15) is 23.5 Å². The van der Waals surface area contributed by atoms with Gasteiger partial charge in [-0.15, -0.1) is 0 Å². The normalized spacial score (nSPS) is 8.90. The fourth-order valence-electron chi connectivity index (χ4n) is 1.45. The number of hydrogen-bond donors (Lipinski definition) is 1. The minimum atomic E-state index is -0.0128. The molecule has 20 heavy (non-hydrogen) atoms. The van der Waals surface area contributed by atoms with Crippen molar-refractivity contribution >= 4 is 5.69 Å². The molecule has 0 bridgehead atoms. The van der Waals surface area contributed by atoms with Gasteiger partial charge in [-0.05, 0) is 24.3 Å². The molecule has 1 aromatic heterocycles. The molecule has 0 amide bonds. The SMILES string of the molecule is N#CC(C#N)=CNc1ccccc1Oc1cccnc1. The van der Waals surface area contributed by atoms with Crippen LogP contribution in [0, 0.1) is 22.7 Å². The number of anilines is 1. The van der Waals surface area contributed by atoms with Gasteiger partial charge in [0.15, 0.2) is 5.75 Å². The number of allylic oxidation sites excluding steroid dienone is 1. The van der Waals surface area contributed by atoms with Crippen molar-refractivity contribution < 1.29 is 4.74 Å². The predicted octanol–water partition coefficient (Wildman–Crippen LogP) is 3.22. The second-order valence-electron chi connectivity index (χ2n) is 3.71. The molecule has 0 aliphatic carbocycles. The molecule has 2 aromatic rings. The summed E-state index contributed by atoms with van der Waals surface area (Å²) in [6.07, 6.45) is 4.60. The lowest BCUT2D eigenvalue weighted by Crippen LogP contribution is -1.94. The molecule has 5 nitrogen and oxygen atoms in total. The van der Waals surface area contributed by atoms with Crippen LogP contribution in [0.3, 0.4) is 0 Å². The lowest BCUT2D eigenvalue weighted by molar-refractivity contribution is 0.482. The third kappa shape index (κ3) is 3.34. The van der Waals surface area contributed by atoms with Crippen LogP contribution in [0.5, 0.6) is 11.5 Å². The Balaban J connectivity index is 2.21. The van der Waals surface area contributed by atoms with Gasteiger partial charge < -0.3 is 10.1 Å². The summed E-state index contributed by atoms with van der Waals surface area (Å²) in [4.78, 5) is 3.97. The van der Waals surface area contributed by atoms with E-state index in [0.717, 1.165) is 0 Å². The molecular formula is C15H10N4O. The highest BCUT2D eigenvalue weighted by molar-refractivity contribution is 5.60. The van der Waals surface area contributed by atoms with Crippen LogP contribution >= 0.6 is 0 Å².